The van der Waals surface area contributed by atoms with Gasteiger partial charge in [-0.1, -0.05) is 13.8 Å². The van der Waals surface area contributed by atoms with E-state index >= 15 is 0 Å². The summed E-state index contributed by atoms with van der Waals surface area (Å²) in [5.41, 5.74) is 0.807. The van der Waals surface area contributed by atoms with E-state index in [1.807, 2.05) is 26.0 Å². The first-order chi connectivity index (χ1) is 9.06. The number of nitrogens with one attached hydrogen (secondary N) is 1. The minimum atomic E-state index is -0.0784. The van der Waals surface area contributed by atoms with Crippen LogP contribution >= 0.6 is 0 Å². The predicted molar refractivity (Wildman–Crippen MR) is 78.6 cm³/mol. The van der Waals surface area contributed by atoms with E-state index in [0.29, 0.717) is 5.88 Å². The number of anilines is 1. The van der Waals surface area contributed by atoms with Gasteiger partial charge in [0.2, 0.25) is 5.88 Å². The van der Waals surface area contributed by atoms with Crippen molar-refractivity contribution in [2.24, 2.45) is 5.41 Å². The second kappa shape index (κ2) is 7.34. The molecule has 108 valence electrons. The normalized spacial score (nSPS) is 11.7. The third kappa shape index (κ3) is 4.39. The quantitative estimate of drug-likeness (QED) is 0.759. The Hall–Kier alpha value is -1.29. The Balaban J connectivity index is 2.76. The summed E-state index contributed by atoms with van der Waals surface area (Å²) < 4.78 is 5.68. The topological polar surface area (TPSA) is 54.4 Å². The zero-order valence-electron chi connectivity index (χ0n) is 12.4. The molecule has 1 heterocycles. The van der Waals surface area contributed by atoms with E-state index in [0.717, 1.165) is 25.1 Å². The molecule has 0 amide bonds. The number of hydrogen-bond donors (Lipinski definition) is 2. The van der Waals surface area contributed by atoms with Crippen LogP contribution < -0.4 is 10.1 Å². The molecule has 0 atom stereocenters. The van der Waals surface area contributed by atoms with Gasteiger partial charge in [0, 0.05) is 18.2 Å². The summed E-state index contributed by atoms with van der Waals surface area (Å²) >= 11 is 0. The fraction of sp³-hybridized carbons (Fsp3) is 0.667. The molecule has 0 aliphatic carbocycles. The van der Waals surface area contributed by atoms with Crippen molar-refractivity contribution < 1.29 is 9.84 Å². The highest BCUT2D eigenvalue weighted by atomic mass is 16.5. The van der Waals surface area contributed by atoms with E-state index in [4.69, 9.17) is 4.74 Å². The first kappa shape index (κ1) is 15.8. The van der Waals surface area contributed by atoms with E-state index in [9.17, 15) is 5.11 Å². The van der Waals surface area contributed by atoms with E-state index in [1.165, 1.54) is 0 Å². The molecule has 0 radical (unpaired) electrons. The van der Waals surface area contributed by atoms with Crippen LogP contribution in [-0.2, 0) is 0 Å². The molecule has 0 saturated carbocycles. The lowest BCUT2D eigenvalue weighted by molar-refractivity contribution is 0.127. The van der Waals surface area contributed by atoms with Gasteiger partial charge in [-0.2, -0.15) is 0 Å². The summed E-state index contributed by atoms with van der Waals surface area (Å²) in [5, 5.41) is 12.9. The van der Waals surface area contributed by atoms with Crippen molar-refractivity contribution in [1.82, 2.24) is 4.98 Å². The Bertz CT molecular complexity index is 368. The highest BCUT2D eigenvalue weighted by molar-refractivity contribution is 5.52. The number of nitrogens with zero attached hydrogens (tertiary/aromatic N) is 1. The molecule has 0 saturated heterocycles. The number of hydrogen-bond acceptors (Lipinski definition) is 4. The maximum absolute atomic E-state index is 9.58. The van der Waals surface area contributed by atoms with Crippen molar-refractivity contribution in [1.29, 1.82) is 0 Å². The summed E-state index contributed by atoms with van der Waals surface area (Å²) in [6, 6.07) is 3.84. The third-order valence-electron chi connectivity index (χ3n) is 3.61. The Kier molecular flexibility index (Phi) is 6.09. The number of aliphatic hydroxyl groups excluding tert-OH is 1. The van der Waals surface area contributed by atoms with Gasteiger partial charge in [0.05, 0.1) is 18.4 Å². The van der Waals surface area contributed by atoms with Gasteiger partial charge in [-0.25, -0.2) is 4.98 Å². The van der Waals surface area contributed by atoms with Gasteiger partial charge in [0.15, 0.2) is 0 Å². The first-order valence-electron chi connectivity index (χ1n) is 7.03. The van der Waals surface area contributed by atoms with Crippen LogP contribution in [0.5, 0.6) is 5.88 Å². The summed E-state index contributed by atoms with van der Waals surface area (Å²) in [6.45, 7) is 9.08. The molecule has 1 rings (SSSR count). The zero-order chi connectivity index (χ0) is 14.3. The van der Waals surface area contributed by atoms with Crippen molar-refractivity contribution in [2.45, 2.75) is 46.6 Å². The second-order valence-corrected chi connectivity index (χ2v) is 5.24. The number of ether oxygens (including phenoxy) is 1. The summed E-state index contributed by atoms with van der Waals surface area (Å²) in [5.74, 6) is 0.622. The van der Waals surface area contributed by atoms with Crippen LogP contribution in [-0.4, -0.2) is 29.3 Å². The van der Waals surface area contributed by atoms with Gasteiger partial charge in [-0.3, -0.25) is 0 Å². The molecule has 0 unspecified atom stereocenters. The minimum Gasteiger partial charge on any atom is -0.473 e. The summed E-state index contributed by atoms with van der Waals surface area (Å²) in [4.78, 5) is 4.25. The number of aromatic nitrogens is 1. The van der Waals surface area contributed by atoms with Crippen molar-refractivity contribution in [3.05, 3.63) is 18.3 Å². The average Bonchev–Trinajstić information content (AvgIpc) is 2.42. The number of pyridine rings is 1. The van der Waals surface area contributed by atoms with Crippen molar-refractivity contribution in [2.75, 3.05) is 18.5 Å². The average molecular weight is 266 g/mol. The van der Waals surface area contributed by atoms with Crippen molar-refractivity contribution >= 4 is 5.69 Å². The van der Waals surface area contributed by atoms with Crippen molar-refractivity contribution in [3.63, 3.8) is 0 Å². The van der Waals surface area contributed by atoms with Crippen LogP contribution in [0.15, 0.2) is 18.3 Å². The van der Waals surface area contributed by atoms with Crippen LogP contribution in [0.25, 0.3) is 0 Å². The minimum absolute atomic E-state index is 0.0784. The fourth-order valence-electron chi connectivity index (χ4n) is 1.90. The van der Waals surface area contributed by atoms with Crippen LogP contribution in [0.1, 0.15) is 40.5 Å². The molecule has 0 aliphatic heterocycles. The van der Waals surface area contributed by atoms with Crippen LogP contribution in [0.3, 0.4) is 0 Å². The summed E-state index contributed by atoms with van der Waals surface area (Å²) in [7, 11) is 0. The Morgan fingerprint density at radius 3 is 2.58 bits per heavy atom. The highest BCUT2D eigenvalue weighted by Crippen LogP contribution is 2.28. The van der Waals surface area contributed by atoms with E-state index in [-0.39, 0.29) is 18.1 Å². The molecule has 0 bridgehead atoms. The Labute approximate surface area is 116 Å². The molecule has 1 aromatic rings. The van der Waals surface area contributed by atoms with E-state index in [2.05, 4.69) is 24.1 Å². The van der Waals surface area contributed by atoms with Gasteiger partial charge in [0.25, 0.3) is 0 Å². The van der Waals surface area contributed by atoms with Crippen LogP contribution in [0, 0.1) is 5.41 Å². The molecular formula is C15H26N2O2. The standard InChI is InChI=1S/C15H26N2O2/c1-5-15(6-2,11-18)10-17-13-8-7-9-16-14(13)19-12(3)4/h7-9,12,17-18H,5-6,10-11H2,1-4H3. The molecular weight excluding hydrogens is 240 g/mol. The summed E-state index contributed by atoms with van der Waals surface area (Å²) in [6.07, 6.45) is 3.69. The van der Waals surface area contributed by atoms with E-state index < -0.39 is 0 Å². The Morgan fingerprint density at radius 2 is 2.05 bits per heavy atom. The molecule has 4 nitrogen and oxygen atoms in total. The van der Waals surface area contributed by atoms with Gasteiger partial charge in [-0.05, 0) is 38.8 Å². The van der Waals surface area contributed by atoms with Gasteiger partial charge >= 0.3 is 0 Å². The smallest absolute Gasteiger partial charge is 0.237 e. The maximum atomic E-state index is 9.58. The lowest BCUT2D eigenvalue weighted by Crippen LogP contribution is -2.32. The molecule has 4 heteroatoms. The fourth-order valence-corrected chi connectivity index (χ4v) is 1.90. The molecule has 2 N–H and O–H groups in total. The largest absolute Gasteiger partial charge is 0.473 e. The molecule has 0 aliphatic rings. The molecule has 0 aromatic carbocycles. The van der Waals surface area contributed by atoms with Crippen LogP contribution in [0.4, 0.5) is 5.69 Å². The Morgan fingerprint density at radius 1 is 1.37 bits per heavy atom. The maximum Gasteiger partial charge on any atom is 0.237 e. The molecule has 1 aromatic heterocycles. The number of aliphatic hydroxyl groups is 1. The highest BCUT2D eigenvalue weighted by Gasteiger charge is 2.25. The zero-order valence-corrected chi connectivity index (χ0v) is 12.4. The van der Waals surface area contributed by atoms with Gasteiger partial charge in [-0.15, -0.1) is 0 Å². The SMILES string of the molecule is CCC(CC)(CO)CNc1cccnc1OC(C)C. The second-order valence-electron chi connectivity index (χ2n) is 5.24. The van der Waals surface area contributed by atoms with Crippen LogP contribution in [0.2, 0.25) is 0 Å². The number of rotatable bonds is 8. The lowest BCUT2D eigenvalue weighted by atomic mass is 9.83. The van der Waals surface area contributed by atoms with E-state index in [1.54, 1.807) is 6.20 Å². The molecule has 0 fully saturated rings. The molecule has 0 spiro atoms. The van der Waals surface area contributed by atoms with Gasteiger partial charge in [0.1, 0.15) is 0 Å². The van der Waals surface area contributed by atoms with Crippen molar-refractivity contribution in [3.8, 4) is 5.88 Å². The lowest BCUT2D eigenvalue weighted by Gasteiger charge is -2.30. The monoisotopic (exact) mass is 266 g/mol. The molecule has 19 heavy (non-hydrogen) atoms. The first-order valence-corrected chi connectivity index (χ1v) is 7.03. The van der Waals surface area contributed by atoms with Gasteiger partial charge < -0.3 is 15.2 Å². The predicted octanol–water partition coefficient (Wildman–Crippen LogP) is 3.08. The third-order valence-corrected chi connectivity index (χ3v) is 3.61.